The van der Waals surface area contributed by atoms with Crippen LogP contribution in [0.15, 0.2) is 48.5 Å². The first-order valence-corrected chi connectivity index (χ1v) is 12.3. The molecule has 8 heteroatoms. The van der Waals surface area contributed by atoms with Gasteiger partial charge in [-0.3, -0.25) is 19.3 Å². The van der Waals surface area contributed by atoms with Crippen LogP contribution in [0.4, 0.5) is 11.4 Å². The number of carbonyl (C=O) groups is 3. The normalized spacial score (nSPS) is 17.6. The third-order valence-corrected chi connectivity index (χ3v) is 6.90. The molecule has 35 heavy (non-hydrogen) atoms. The summed E-state index contributed by atoms with van der Waals surface area (Å²) in [6.07, 6.45) is 4.38. The highest BCUT2D eigenvalue weighted by Gasteiger charge is 2.37. The Labute approximate surface area is 206 Å². The van der Waals surface area contributed by atoms with Crippen molar-refractivity contribution >= 4 is 29.1 Å². The van der Waals surface area contributed by atoms with Gasteiger partial charge in [-0.25, -0.2) is 0 Å². The van der Waals surface area contributed by atoms with Crippen molar-refractivity contribution < 1.29 is 19.1 Å². The molecule has 0 aromatic heterocycles. The van der Waals surface area contributed by atoms with E-state index in [1.54, 1.807) is 37.4 Å². The van der Waals surface area contributed by atoms with Gasteiger partial charge in [0.25, 0.3) is 5.91 Å². The Hall–Kier alpha value is -3.39. The highest BCUT2D eigenvalue weighted by atomic mass is 16.5. The van der Waals surface area contributed by atoms with Crippen molar-refractivity contribution in [3.05, 3.63) is 54.1 Å². The number of nitrogens with zero attached hydrogens (tertiary/aromatic N) is 2. The fourth-order valence-corrected chi connectivity index (χ4v) is 5.15. The molecule has 1 unspecified atom stereocenters. The Morgan fingerprint density at radius 2 is 1.54 bits per heavy atom. The zero-order chi connectivity index (χ0) is 24.8. The van der Waals surface area contributed by atoms with Crippen LogP contribution in [0.5, 0.6) is 5.75 Å². The summed E-state index contributed by atoms with van der Waals surface area (Å²) in [5.74, 6) is 0.834. The van der Waals surface area contributed by atoms with Crippen LogP contribution in [0.2, 0.25) is 0 Å². The molecule has 2 N–H and O–H groups in total. The summed E-state index contributed by atoms with van der Waals surface area (Å²) in [4.78, 5) is 41.8. The number of piperazine rings is 1. The predicted molar refractivity (Wildman–Crippen MR) is 136 cm³/mol. The number of ether oxygens (including phenoxy) is 1. The van der Waals surface area contributed by atoms with Crippen molar-refractivity contribution in [1.82, 2.24) is 9.80 Å². The van der Waals surface area contributed by atoms with E-state index in [-0.39, 0.29) is 23.8 Å². The molecule has 1 aliphatic heterocycles. The van der Waals surface area contributed by atoms with E-state index >= 15 is 0 Å². The van der Waals surface area contributed by atoms with E-state index in [0.29, 0.717) is 54.8 Å². The summed E-state index contributed by atoms with van der Waals surface area (Å²) in [5, 5.41) is 5.82. The lowest BCUT2D eigenvalue weighted by Gasteiger charge is -2.40. The molecule has 0 spiro atoms. The molecule has 8 nitrogen and oxygen atoms in total. The molecule has 0 radical (unpaired) electrons. The summed E-state index contributed by atoms with van der Waals surface area (Å²) in [5.41, 5.74) is 2.02. The molecule has 1 atom stereocenters. The predicted octanol–water partition coefficient (Wildman–Crippen LogP) is 3.61. The molecule has 186 valence electrons. The van der Waals surface area contributed by atoms with Crippen LogP contribution in [0.1, 0.15) is 43.0 Å². The monoisotopic (exact) mass is 478 g/mol. The van der Waals surface area contributed by atoms with Crippen LogP contribution in [0.3, 0.4) is 0 Å². The van der Waals surface area contributed by atoms with Gasteiger partial charge in [0.05, 0.1) is 13.2 Å². The summed E-state index contributed by atoms with van der Waals surface area (Å²) >= 11 is 0. The molecule has 2 aromatic rings. The number of hydrogen-bond acceptors (Lipinski definition) is 5. The van der Waals surface area contributed by atoms with Gasteiger partial charge in [-0.15, -0.1) is 0 Å². The zero-order valence-corrected chi connectivity index (χ0v) is 20.5. The van der Waals surface area contributed by atoms with Crippen molar-refractivity contribution in [3.63, 3.8) is 0 Å². The van der Waals surface area contributed by atoms with E-state index in [2.05, 4.69) is 15.5 Å². The van der Waals surface area contributed by atoms with Gasteiger partial charge in [0.1, 0.15) is 5.75 Å². The largest absolute Gasteiger partial charge is 0.497 e. The molecule has 4 rings (SSSR count). The summed E-state index contributed by atoms with van der Waals surface area (Å²) < 4.78 is 5.25. The quantitative estimate of drug-likeness (QED) is 0.635. The first-order valence-electron chi connectivity index (χ1n) is 12.3. The maximum Gasteiger partial charge on any atom is 0.254 e. The SMILES string of the molecule is COc1cccc(C(=O)N2CCN(C(C(=O)Nc3ccc(NC(C)=O)cc3)C3CCCC3)CC2)c1. The second-order valence-corrected chi connectivity index (χ2v) is 9.30. The molecular weight excluding hydrogens is 444 g/mol. The number of anilines is 2. The van der Waals surface area contributed by atoms with Crippen LogP contribution in [-0.4, -0.2) is 66.9 Å². The van der Waals surface area contributed by atoms with E-state index in [4.69, 9.17) is 4.74 Å². The van der Waals surface area contributed by atoms with Crippen LogP contribution in [0, 0.1) is 5.92 Å². The van der Waals surface area contributed by atoms with Crippen LogP contribution in [-0.2, 0) is 9.59 Å². The molecule has 2 fully saturated rings. The van der Waals surface area contributed by atoms with E-state index in [1.165, 1.54) is 6.92 Å². The molecular formula is C27H34N4O4. The van der Waals surface area contributed by atoms with Gasteiger partial charge in [0.2, 0.25) is 11.8 Å². The second kappa shape index (κ2) is 11.4. The van der Waals surface area contributed by atoms with E-state index in [0.717, 1.165) is 25.7 Å². The van der Waals surface area contributed by atoms with Gasteiger partial charge in [0, 0.05) is 50.0 Å². The van der Waals surface area contributed by atoms with E-state index in [9.17, 15) is 14.4 Å². The van der Waals surface area contributed by atoms with Crippen molar-refractivity contribution in [2.75, 3.05) is 43.9 Å². The summed E-state index contributed by atoms with van der Waals surface area (Å²) in [7, 11) is 1.59. The molecule has 1 heterocycles. The number of rotatable bonds is 7. The maximum atomic E-state index is 13.5. The minimum absolute atomic E-state index is 0.00301. The third-order valence-electron chi connectivity index (χ3n) is 6.90. The van der Waals surface area contributed by atoms with E-state index < -0.39 is 0 Å². The Morgan fingerprint density at radius 3 is 2.14 bits per heavy atom. The van der Waals surface area contributed by atoms with Gasteiger partial charge in [-0.05, 0) is 61.2 Å². The lowest BCUT2D eigenvalue weighted by Crippen LogP contribution is -2.56. The van der Waals surface area contributed by atoms with Gasteiger partial charge in [-0.1, -0.05) is 18.9 Å². The van der Waals surface area contributed by atoms with E-state index in [1.807, 2.05) is 23.1 Å². The fourth-order valence-electron chi connectivity index (χ4n) is 5.15. The van der Waals surface area contributed by atoms with Gasteiger partial charge < -0.3 is 20.3 Å². The van der Waals surface area contributed by atoms with Crippen LogP contribution < -0.4 is 15.4 Å². The average molecular weight is 479 g/mol. The number of amides is 3. The maximum absolute atomic E-state index is 13.5. The number of methoxy groups -OCH3 is 1. The summed E-state index contributed by atoms with van der Waals surface area (Å²) in [6, 6.07) is 14.2. The summed E-state index contributed by atoms with van der Waals surface area (Å²) in [6.45, 7) is 3.94. The highest BCUT2D eigenvalue weighted by Crippen LogP contribution is 2.32. The minimum Gasteiger partial charge on any atom is -0.497 e. The van der Waals surface area contributed by atoms with Crippen molar-refractivity contribution in [2.24, 2.45) is 5.92 Å². The average Bonchev–Trinajstić information content (AvgIpc) is 3.39. The van der Waals surface area contributed by atoms with Crippen molar-refractivity contribution in [1.29, 1.82) is 0 Å². The van der Waals surface area contributed by atoms with Gasteiger partial charge in [0.15, 0.2) is 0 Å². The Kier molecular flexibility index (Phi) is 8.02. The number of hydrogen-bond donors (Lipinski definition) is 2. The lowest BCUT2D eigenvalue weighted by atomic mass is 9.94. The fraction of sp³-hybridized carbons (Fsp3) is 0.444. The number of carbonyl (C=O) groups excluding carboxylic acids is 3. The zero-order valence-electron chi connectivity index (χ0n) is 20.5. The molecule has 1 aliphatic carbocycles. The Balaban J connectivity index is 1.40. The molecule has 3 amide bonds. The Morgan fingerprint density at radius 1 is 0.914 bits per heavy atom. The smallest absolute Gasteiger partial charge is 0.254 e. The Bertz CT molecular complexity index is 1040. The number of benzene rings is 2. The van der Waals surface area contributed by atoms with Crippen molar-refractivity contribution in [2.45, 2.75) is 38.6 Å². The molecule has 1 saturated carbocycles. The first-order chi connectivity index (χ1) is 16.9. The first kappa shape index (κ1) is 24.7. The molecule has 2 aromatic carbocycles. The third kappa shape index (κ3) is 6.19. The number of nitrogens with one attached hydrogen (secondary N) is 2. The van der Waals surface area contributed by atoms with Crippen molar-refractivity contribution in [3.8, 4) is 5.75 Å². The van der Waals surface area contributed by atoms with Crippen LogP contribution in [0.25, 0.3) is 0 Å². The molecule has 1 saturated heterocycles. The molecule has 0 bridgehead atoms. The lowest BCUT2D eigenvalue weighted by molar-refractivity contribution is -0.124. The van der Waals surface area contributed by atoms with Gasteiger partial charge >= 0.3 is 0 Å². The van der Waals surface area contributed by atoms with Gasteiger partial charge in [-0.2, -0.15) is 0 Å². The van der Waals surface area contributed by atoms with Crippen LogP contribution >= 0.6 is 0 Å². The standard InChI is InChI=1S/C27H34N4O4/c1-19(32)28-22-10-12-23(13-11-22)29-26(33)25(20-6-3-4-7-20)30-14-16-31(17-15-30)27(34)21-8-5-9-24(18-21)35-2/h5,8-13,18,20,25H,3-4,6-7,14-17H2,1-2H3,(H,28,32)(H,29,33). The topological polar surface area (TPSA) is 91.0 Å². The molecule has 2 aliphatic rings. The minimum atomic E-state index is -0.221. The highest BCUT2D eigenvalue weighted by molar-refractivity contribution is 5.96. The second-order valence-electron chi connectivity index (χ2n) is 9.30.